The number of thioether (sulfide) groups is 1. The molecule has 1 saturated heterocycles. The van der Waals surface area contributed by atoms with Crippen LogP contribution in [0.3, 0.4) is 0 Å². The zero-order chi connectivity index (χ0) is 25.3. The Hall–Kier alpha value is -0.500. The molecule has 1 aliphatic rings. The molecular formula is C18H35ClN3O9PS. The van der Waals surface area contributed by atoms with Crippen molar-refractivity contribution in [1.29, 1.82) is 0 Å². The van der Waals surface area contributed by atoms with Gasteiger partial charge in [0.15, 0.2) is 0 Å². The van der Waals surface area contributed by atoms with Crippen LogP contribution in [-0.2, 0) is 18.6 Å². The number of nitrogens with zero attached hydrogens (tertiary/aromatic N) is 2. The fourth-order valence-corrected chi connectivity index (χ4v) is 5.38. The summed E-state index contributed by atoms with van der Waals surface area (Å²) in [5.41, 5.74) is -1.03. The Kier molecular flexibility index (Phi) is 13.1. The molecule has 1 heterocycles. The van der Waals surface area contributed by atoms with E-state index in [0.717, 1.165) is 24.6 Å². The number of rotatable bonds is 14. The summed E-state index contributed by atoms with van der Waals surface area (Å²) >= 11 is 7.29. The van der Waals surface area contributed by atoms with E-state index >= 15 is 0 Å². The third-order valence-electron chi connectivity index (χ3n) is 5.39. The summed E-state index contributed by atoms with van der Waals surface area (Å²) in [6.07, 6.45) is -2.04. The van der Waals surface area contributed by atoms with Crippen LogP contribution in [-0.4, -0.2) is 92.0 Å². The molecular weight excluding hydrogens is 501 g/mol. The number of carbonyl (C=O) groups excluding carboxylic acids is 1. The zero-order valence-corrected chi connectivity index (χ0v) is 21.6. The van der Waals surface area contributed by atoms with Crippen LogP contribution < -0.4 is 5.32 Å². The Morgan fingerprint density at radius 2 is 1.97 bits per heavy atom. The molecule has 0 bridgehead atoms. The molecule has 0 radical (unpaired) electrons. The average Bonchev–Trinajstić information content (AvgIpc) is 2.73. The van der Waals surface area contributed by atoms with Crippen molar-refractivity contribution in [2.75, 3.05) is 19.8 Å². The Labute approximate surface area is 202 Å². The molecule has 0 aromatic carbocycles. The minimum absolute atomic E-state index is 0.0834. The van der Waals surface area contributed by atoms with E-state index in [1.807, 2.05) is 6.92 Å². The fraction of sp³-hybridized carbons (Fsp3) is 0.944. The number of aliphatic hydroxyl groups is 2. The lowest BCUT2D eigenvalue weighted by Crippen LogP contribution is -2.64. The van der Waals surface area contributed by atoms with Crippen molar-refractivity contribution >= 4 is 37.1 Å². The molecule has 15 heteroatoms. The number of nitrogens with one attached hydrogen (secondary N) is 1. The van der Waals surface area contributed by atoms with Crippen molar-refractivity contribution in [1.82, 2.24) is 10.3 Å². The van der Waals surface area contributed by atoms with Crippen LogP contribution in [0.4, 0.5) is 0 Å². The van der Waals surface area contributed by atoms with E-state index in [-0.39, 0.29) is 18.2 Å². The lowest BCUT2D eigenvalue weighted by Gasteiger charge is -2.45. The molecule has 8 atom stereocenters. The van der Waals surface area contributed by atoms with Crippen molar-refractivity contribution in [2.24, 2.45) is 11.2 Å². The van der Waals surface area contributed by atoms with Gasteiger partial charge < -0.3 is 30.1 Å². The number of carbonyl (C=O) groups is 1. The normalized spacial score (nSPS) is 28.6. The number of hydrogen-bond acceptors (Lipinski definition) is 9. The van der Waals surface area contributed by atoms with Gasteiger partial charge in [0.2, 0.25) is 5.91 Å². The zero-order valence-electron chi connectivity index (χ0n) is 19.1. The summed E-state index contributed by atoms with van der Waals surface area (Å²) in [6, 6.07) is -0.904. The van der Waals surface area contributed by atoms with Gasteiger partial charge in [0.1, 0.15) is 29.9 Å². The molecule has 1 rings (SSSR count). The van der Waals surface area contributed by atoms with E-state index in [2.05, 4.69) is 15.1 Å². The Bertz CT molecular complexity index is 672. The summed E-state index contributed by atoms with van der Waals surface area (Å²) in [5.74, 6) is -0.269. The van der Waals surface area contributed by atoms with Gasteiger partial charge in [-0.25, -0.2) is 4.57 Å². The first-order valence-electron chi connectivity index (χ1n) is 10.6. The van der Waals surface area contributed by atoms with Crippen LogP contribution in [0.5, 0.6) is 0 Å². The summed E-state index contributed by atoms with van der Waals surface area (Å²) < 4.78 is 21.6. The van der Waals surface area contributed by atoms with Crippen LogP contribution in [0.1, 0.15) is 39.5 Å². The fourth-order valence-electron chi connectivity index (χ4n) is 3.81. The first kappa shape index (κ1) is 30.5. The first-order chi connectivity index (χ1) is 15.3. The summed E-state index contributed by atoms with van der Waals surface area (Å²) in [6.45, 7) is 4.02. The van der Waals surface area contributed by atoms with Crippen LogP contribution >= 0.6 is 31.2 Å². The topological polar surface area (TPSA) is 178 Å². The Morgan fingerprint density at radius 3 is 2.45 bits per heavy atom. The maximum absolute atomic E-state index is 12.7. The van der Waals surface area contributed by atoms with Crippen LogP contribution in [0.15, 0.2) is 5.29 Å². The van der Waals surface area contributed by atoms with Gasteiger partial charge >= 0.3 is 7.82 Å². The third kappa shape index (κ3) is 9.95. The quantitative estimate of drug-likeness (QED) is 0.0933. The molecule has 1 amide bonds. The highest BCUT2D eigenvalue weighted by Gasteiger charge is 2.50. The molecule has 33 heavy (non-hydrogen) atoms. The third-order valence-corrected chi connectivity index (χ3v) is 7.02. The molecule has 0 aromatic rings. The summed E-state index contributed by atoms with van der Waals surface area (Å²) in [7, 11) is -3.39. The van der Waals surface area contributed by atoms with Gasteiger partial charge in [-0.3, -0.25) is 14.3 Å². The monoisotopic (exact) mass is 535 g/mol. The second kappa shape index (κ2) is 14.2. The van der Waals surface area contributed by atoms with E-state index < -0.39 is 49.1 Å². The Morgan fingerprint density at radius 1 is 1.33 bits per heavy atom. The number of phosphoric ester groups is 1. The predicted molar refractivity (Wildman–Crippen MR) is 124 cm³/mol. The number of aliphatic hydroxyl groups excluding tert-OH is 2. The van der Waals surface area contributed by atoms with E-state index in [1.54, 1.807) is 20.2 Å². The lowest BCUT2D eigenvalue weighted by atomic mass is 9.92. The lowest BCUT2D eigenvalue weighted by molar-refractivity contribution is -0.201. The van der Waals surface area contributed by atoms with Gasteiger partial charge in [0.25, 0.3) is 0 Å². The highest BCUT2D eigenvalue weighted by atomic mass is 35.5. The maximum atomic E-state index is 12.7. The van der Waals surface area contributed by atoms with Crippen molar-refractivity contribution in [2.45, 2.75) is 80.8 Å². The second-order valence-electron chi connectivity index (χ2n) is 8.13. The number of halogens is 1. The molecule has 0 saturated carbocycles. The SMILES string of the molecule is CCC[C@H](CCC(=O)N[C@@H]([C@H]1O[C@H](SC)[C@H](OP(=O)(O)O)[C@@H](O)[C@H]1O)[C@H](C)Cl)CN(C)N=O. The van der Waals surface area contributed by atoms with Crippen LogP contribution in [0, 0.1) is 10.8 Å². The van der Waals surface area contributed by atoms with Gasteiger partial charge in [0.05, 0.1) is 16.7 Å². The minimum atomic E-state index is -4.96. The van der Waals surface area contributed by atoms with Crippen molar-refractivity contribution in [3.63, 3.8) is 0 Å². The van der Waals surface area contributed by atoms with Gasteiger partial charge in [-0.15, -0.1) is 28.3 Å². The number of hydrogen-bond donors (Lipinski definition) is 5. The molecule has 0 aromatic heterocycles. The summed E-state index contributed by atoms with van der Waals surface area (Å²) in [4.78, 5) is 41.5. The van der Waals surface area contributed by atoms with E-state index in [1.165, 1.54) is 5.01 Å². The number of ether oxygens (including phenoxy) is 1. The van der Waals surface area contributed by atoms with Gasteiger partial charge in [0, 0.05) is 20.0 Å². The second-order valence-corrected chi connectivity index (χ2v) is 10.9. The van der Waals surface area contributed by atoms with Crippen LogP contribution in [0.2, 0.25) is 0 Å². The molecule has 1 fully saturated rings. The van der Waals surface area contributed by atoms with Gasteiger partial charge in [-0.2, -0.15) is 0 Å². The predicted octanol–water partition coefficient (Wildman–Crippen LogP) is 1.20. The molecule has 0 aliphatic carbocycles. The average molecular weight is 536 g/mol. The van der Waals surface area contributed by atoms with E-state index in [4.69, 9.17) is 26.1 Å². The van der Waals surface area contributed by atoms with Gasteiger partial charge in [-0.1, -0.05) is 13.3 Å². The number of alkyl halides is 1. The summed E-state index contributed by atoms with van der Waals surface area (Å²) in [5, 5.41) is 27.2. The standard InChI is InChI=1S/C18H35ClN3O9PS/c1-5-6-11(9-22(3)21-26)7-8-12(23)20-13(10(2)19)16-14(24)15(25)17(18(30-16)33-4)31-32(27,28)29/h10-11,13-18,24-25H,5-9H2,1-4H3,(H,20,23)(H2,27,28,29)/t10-,11+,13+,14+,15-,16+,17+,18+/m0/s1. The molecule has 0 spiro atoms. The number of nitroso groups, excluding NO2 is 1. The molecule has 12 nitrogen and oxygen atoms in total. The first-order valence-corrected chi connectivity index (χ1v) is 13.9. The van der Waals surface area contributed by atoms with Crippen molar-refractivity contribution in [3.8, 4) is 0 Å². The van der Waals surface area contributed by atoms with Gasteiger partial charge in [-0.05, 0) is 31.9 Å². The van der Waals surface area contributed by atoms with E-state index in [9.17, 15) is 24.5 Å². The number of amides is 1. The largest absolute Gasteiger partial charge is 0.470 e. The van der Waals surface area contributed by atoms with Crippen molar-refractivity contribution < 1.29 is 38.6 Å². The van der Waals surface area contributed by atoms with E-state index in [0.29, 0.717) is 13.0 Å². The molecule has 0 unspecified atom stereocenters. The highest BCUT2D eigenvalue weighted by molar-refractivity contribution is 7.99. The van der Waals surface area contributed by atoms with Crippen LogP contribution in [0.25, 0.3) is 0 Å². The Balaban J connectivity index is 2.87. The molecule has 1 aliphatic heterocycles. The molecule has 194 valence electrons. The highest BCUT2D eigenvalue weighted by Crippen LogP contribution is 2.43. The van der Waals surface area contributed by atoms with Crippen molar-refractivity contribution in [3.05, 3.63) is 4.91 Å². The molecule has 5 N–H and O–H groups in total. The minimum Gasteiger partial charge on any atom is -0.388 e. The maximum Gasteiger partial charge on any atom is 0.470 e. The smallest absolute Gasteiger partial charge is 0.388 e. The number of phosphoric acid groups is 1.